The first-order chi connectivity index (χ1) is 5.63. The van der Waals surface area contributed by atoms with E-state index in [1.165, 1.54) is 18.2 Å². The Morgan fingerprint density at radius 1 is 1.31 bits per heavy atom. The molecule has 0 spiro atoms. The second-order valence-electron chi connectivity index (χ2n) is 1.96. The van der Waals surface area contributed by atoms with E-state index in [0.29, 0.717) is 0 Å². The molecule has 5 nitrogen and oxygen atoms in total. The van der Waals surface area contributed by atoms with E-state index in [0.717, 1.165) is 6.07 Å². The molecule has 0 aliphatic heterocycles. The summed E-state index contributed by atoms with van der Waals surface area (Å²) < 4.78 is 20.8. The number of nitro groups is 1. The molecular weight excluding hydrogens is 221 g/mol. The van der Waals surface area contributed by atoms with Gasteiger partial charge in [0.1, 0.15) is 4.90 Å². The predicted octanol–water partition coefficient (Wildman–Crippen LogP) is -2.16. The van der Waals surface area contributed by atoms with Gasteiger partial charge in [0.15, 0.2) is 0 Å². The van der Waals surface area contributed by atoms with E-state index in [1.807, 2.05) is 0 Å². The molecule has 0 saturated heterocycles. The van der Waals surface area contributed by atoms with Crippen LogP contribution in [0.3, 0.4) is 0 Å². The second kappa shape index (κ2) is 5.96. The van der Waals surface area contributed by atoms with Crippen molar-refractivity contribution < 1.29 is 65.1 Å². The average molecular weight is 225 g/mol. The maximum atomic E-state index is 10.4. The number of benzene rings is 1. The Morgan fingerprint density at radius 2 is 1.85 bits per heavy atom. The van der Waals surface area contributed by atoms with E-state index >= 15 is 0 Å². The van der Waals surface area contributed by atoms with Gasteiger partial charge in [-0.05, 0) is 17.1 Å². The maximum absolute atomic E-state index is 10.4. The summed E-state index contributed by atoms with van der Waals surface area (Å²) in [6, 6.07) is 5.17. The number of para-hydroxylation sites is 1. The summed E-state index contributed by atoms with van der Waals surface area (Å²) >= 11 is -2.55. The van der Waals surface area contributed by atoms with Gasteiger partial charge in [-0.15, -0.1) is 0 Å². The van der Waals surface area contributed by atoms with Gasteiger partial charge < -0.3 is 4.55 Å². The molecular formula is C6H4KNO4S. The van der Waals surface area contributed by atoms with Crippen LogP contribution in [0, 0.1) is 10.1 Å². The van der Waals surface area contributed by atoms with Crippen molar-refractivity contribution in [3.63, 3.8) is 0 Å². The number of rotatable bonds is 2. The molecule has 0 aliphatic rings. The fourth-order valence-electron chi connectivity index (χ4n) is 0.749. The summed E-state index contributed by atoms with van der Waals surface area (Å²) in [7, 11) is 0. The van der Waals surface area contributed by atoms with Crippen LogP contribution >= 0.6 is 0 Å². The van der Waals surface area contributed by atoms with Crippen LogP contribution < -0.4 is 51.4 Å². The summed E-state index contributed by atoms with van der Waals surface area (Å²) in [5.41, 5.74) is -0.397. The minimum absolute atomic E-state index is 0. The number of nitro benzene ring substituents is 1. The second-order valence-corrected chi connectivity index (χ2v) is 2.87. The van der Waals surface area contributed by atoms with Gasteiger partial charge >= 0.3 is 51.4 Å². The standard InChI is InChI=1S/C6H5NO4S.K/c8-7(9)5-3-1-2-4-6(5)12(10)11;/h1-4H,(H,10,11);/q;+1/p-1. The van der Waals surface area contributed by atoms with Crippen molar-refractivity contribution in [2.75, 3.05) is 0 Å². The van der Waals surface area contributed by atoms with Crippen molar-refractivity contribution in [3.05, 3.63) is 34.4 Å². The van der Waals surface area contributed by atoms with E-state index in [9.17, 15) is 18.9 Å². The minimum atomic E-state index is -2.55. The third-order valence-corrected chi connectivity index (χ3v) is 1.95. The Kier molecular flexibility index (Phi) is 6.13. The molecule has 0 radical (unpaired) electrons. The van der Waals surface area contributed by atoms with Gasteiger partial charge in [0.05, 0.1) is 4.92 Å². The molecule has 0 aromatic heterocycles. The summed E-state index contributed by atoms with van der Waals surface area (Å²) in [5.74, 6) is 0. The molecule has 0 fully saturated rings. The molecule has 7 heteroatoms. The molecule has 13 heavy (non-hydrogen) atoms. The molecule has 1 aromatic rings. The molecule has 0 N–H and O–H groups in total. The van der Waals surface area contributed by atoms with Crippen LogP contribution in [0.2, 0.25) is 0 Å². The summed E-state index contributed by atoms with van der Waals surface area (Å²) in [5, 5.41) is 10.3. The van der Waals surface area contributed by atoms with E-state index in [4.69, 9.17) is 0 Å². The number of nitrogens with zero attached hydrogens (tertiary/aromatic N) is 1. The topological polar surface area (TPSA) is 83.3 Å². The largest absolute Gasteiger partial charge is 1.00 e. The van der Waals surface area contributed by atoms with Gasteiger partial charge in [0, 0.05) is 6.07 Å². The van der Waals surface area contributed by atoms with Crippen LogP contribution in [0.15, 0.2) is 29.2 Å². The van der Waals surface area contributed by atoms with Crippen LogP contribution in [0.4, 0.5) is 5.69 Å². The normalized spacial score (nSPS) is 11.5. The van der Waals surface area contributed by atoms with Crippen LogP contribution in [0.1, 0.15) is 0 Å². The molecule has 1 atom stereocenters. The first-order valence-corrected chi connectivity index (χ1v) is 4.03. The van der Waals surface area contributed by atoms with Crippen LogP contribution in [0.5, 0.6) is 0 Å². The Morgan fingerprint density at radius 3 is 2.23 bits per heavy atom. The van der Waals surface area contributed by atoms with Crippen molar-refractivity contribution in [2.45, 2.75) is 4.90 Å². The van der Waals surface area contributed by atoms with Crippen molar-refractivity contribution in [1.29, 1.82) is 0 Å². The van der Waals surface area contributed by atoms with Gasteiger partial charge in [-0.3, -0.25) is 14.3 Å². The molecule has 0 bridgehead atoms. The van der Waals surface area contributed by atoms with Crippen LogP contribution in [0.25, 0.3) is 0 Å². The average Bonchev–Trinajstić information content (AvgIpc) is 2.04. The van der Waals surface area contributed by atoms with Gasteiger partial charge in [-0.25, -0.2) is 0 Å². The van der Waals surface area contributed by atoms with E-state index in [2.05, 4.69) is 0 Å². The molecule has 1 unspecified atom stereocenters. The molecule has 64 valence electrons. The molecule has 1 rings (SSSR count). The Hall–Kier alpha value is 0.366. The zero-order chi connectivity index (χ0) is 9.14. The zero-order valence-corrected chi connectivity index (χ0v) is 10.7. The van der Waals surface area contributed by atoms with E-state index in [1.54, 1.807) is 0 Å². The fourth-order valence-corrected chi connectivity index (χ4v) is 1.25. The zero-order valence-electron chi connectivity index (χ0n) is 6.80. The third-order valence-electron chi connectivity index (χ3n) is 1.24. The molecule has 0 saturated carbocycles. The van der Waals surface area contributed by atoms with Crippen molar-refractivity contribution in [1.82, 2.24) is 0 Å². The molecule has 0 amide bonds. The molecule has 0 heterocycles. The summed E-state index contributed by atoms with van der Waals surface area (Å²) in [6.07, 6.45) is 0. The quantitative estimate of drug-likeness (QED) is 0.248. The van der Waals surface area contributed by atoms with Crippen LogP contribution in [-0.4, -0.2) is 13.7 Å². The van der Waals surface area contributed by atoms with Crippen molar-refractivity contribution in [2.24, 2.45) is 0 Å². The molecule has 1 aromatic carbocycles. The maximum Gasteiger partial charge on any atom is 1.00 e. The van der Waals surface area contributed by atoms with Crippen molar-refractivity contribution >= 4 is 16.8 Å². The van der Waals surface area contributed by atoms with Crippen LogP contribution in [-0.2, 0) is 11.1 Å². The Balaban J connectivity index is 0.00000144. The summed E-state index contributed by atoms with van der Waals surface area (Å²) in [6.45, 7) is 0. The van der Waals surface area contributed by atoms with Gasteiger partial charge in [0.2, 0.25) is 0 Å². The number of hydrogen-bond acceptors (Lipinski definition) is 4. The first kappa shape index (κ1) is 13.4. The Bertz CT molecular complexity index is 310. The van der Waals surface area contributed by atoms with E-state index in [-0.39, 0.29) is 56.3 Å². The SMILES string of the molecule is O=[N+]([O-])c1ccccc1S(=O)[O-].[K+]. The van der Waals surface area contributed by atoms with Gasteiger partial charge in [0.25, 0.3) is 5.69 Å². The fraction of sp³-hybridized carbons (Fsp3) is 0. The Labute approximate surface area is 119 Å². The minimum Gasteiger partial charge on any atom is -0.768 e. The smallest absolute Gasteiger partial charge is 0.768 e. The summed E-state index contributed by atoms with van der Waals surface area (Å²) in [4.78, 5) is 9.24. The van der Waals surface area contributed by atoms with Gasteiger partial charge in [-0.1, -0.05) is 12.1 Å². The first-order valence-electron chi connectivity index (χ1n) is 2.95. The third kappa shape index (κ3) is 3.54. The molecule has 0 aliphatic carbocycles. The van der Waals surface area contributed by atoms with Gasteiger partial charge in [-0.2, -0.15) is 0 Å². The van der Waals surface area contributed by atoms with Crippen molar-refractivity contribution in [3.8, 4) is 0 Å². The number of hydrogen-bond donors (Lipinski definition) is 0. The van der Waals surface area contributed by atoms with E-state index < -0.39 is 21.7 Å². The monoisotopic (exact) mass is 225 g/mol. The predicted molar refractivity (Wildman–Crippen MR) is 40.3 cm³/mol.